The van der Waals surface area contributed by atoms with E-state index in [1.165, 1.54) is 43.8 Å². The summed E-state index contributed by atoms with van der Waals surface area (Å²) in [7, 11) is 0. The van der Waals surface area contributed by atoms with Crippen LogP contribution in [0.15, 0.2) is 84.9 Å². The van der Waals surface area contributed by atoms with Gasteiger partial charge in [-0.05, 0) is 0 Å². The van der Waals surface area contributed by atoms with Crippen molar-refractivity contribution in [2.75, 3.05) is 0 Å². The molecule has 0 nitrogen and oxygen atoms in total. The van der Waals surface area contributed by atoms with E-state index >= 15 is 0 Å². The first kappa shape index (κ1) is 25.0. The number of allylic oxidation sites excluding steroid dienone is 4. The van der Waals surface area contributed by atoms with E-state index in [4.69, 9.17) is 0 Å². The standard InChI is InChI=1S/2C14H11.C4H8.2ClH.Zr/c2*1-10-6-7-13-8-11-4-2-3-5-12(11)9-14(10)13;1-3-4-2;;;/h2*2-9H,1H3;3-4H,1-2H3;2*1H;/q;;;;;+2/p-2. The van der Waals surface area contributed by atoms with E-state index in [0.29, 0.717) is 7.25 Å². The van der Waals surface area contributed by atoms with Crippen LogP contribution in [0.3, 0.4) is 0 Å². The predicted molar refractivity (Wildman–Crippen MR) is 140 cm³/mol. The fraction of sp³-hybridized carbons (Fsp3) is 0.250. The Morgan fingerprint density at radius 3 is 1.23 bits per heavy atom. The Morgan fingerprint density at radius 2 is 0.886 bits per heavy atom. The Labute approximate surface area is 225 Å². The van der Waals surface area contributed by atoms with Gasteiger partial charge in [-0.15, -0.1) is 0 Å². The minimum absolute atomic E-state index is 0. The van der Waals surface area contributed by atoms with Gasteiger partial charge in [-0.3, -0.25) is 0 Å². The van der Waals surface area contributed by atoms with Crippen LogP contribution in [0.25, 0.3) is 32.7 Å². The fourth-order valence-corrected chi connectivity index (χ4v) is 27.5. The summed E-state index contributed by atoms with van der Waals surface area (Å²) in [5.41, 5.74) is 9.30. The maximum atomic E-state index is 2.70. The molecule has 0 N–H and O–H groups in total. The summed E-state index contributed by atoms with van der Waals surface area (Å²) in [5, 5.41) is 5.55. The zero-order valence-electron chi connectivity index (χ0n) is 20.6. The van der Waals surface area contributed by atoms with E-state index in [0.717, 1.165) is 7.25 Å². The van der Waals surface area contributed by atoms with Crippen LogP contribution in [-0.2, 0) is 20.3 Å². The molecule has 2 aliphatic carbocycles. The first-order valence-electron chi connectivity index (χ1n) is 12.4. The smallest absolute Gasteiger partial charge is 1.00 e. The molecule has 1 heterocycles. The second kappa shape index (κ2) is 8.73. The summed E-state index contributed by atoms with van der Waals surface area (Å²) in [5.74, 6) is 0. The molecule has 7 rings (SSSR count). The Balaban J connectivity index is 0.00000127. The molecule has 4 atom stereocenters. The van der Waals surface area contributed by atoms with Crippen LogP contribution < -0.4 is 24.8 Å². The molecule has 0 bridgehead atoms. The SMILES string of the molecule is CC1=C[CH]([Zr+2]2([CH]3C=C(C)c4cc5ccccc5cc43)[CH](C)[CH]2C)c2cc3ccccc3cc21.[Cl-].[Cl-]. The molecule has 0 spiro atoms. The van der Waals surface area contributed by atoms with E-state index in [1.54, 1.807) is 11.1 Å². The van der Waals surface area contributed by atoms with Gasteiger partial charge >= 0.3 is 202 Å². The summed E-state index contributed by atoms with van der Waals surface area (Å²) < 4.78 is 3.15. The first-order chi connectivity index (χ1) is 16.0. The molecule has 0 saturated carbocycles. The van der Waals surface area contributed by atoms with Gasteiger partial charge in [0.1, 0.15) is 0 Å². The quantitative estimate of drug-likeness (QED) is 0.343. The summed E-state index contributed by atoms with van der Waals surface area (Å²) >= 11 is -2.70. The van der Waals surface area contributed by atoms with Gasteiger partial charge in [0, 0.05) is 0 Å². The Kier molecular flexibility index (Phi) is 6.24. The summed E-state index contributed by atoms with van der Waals surface area (Å²) in [4.78, 5) is 0. The van der Waals surface area contributed by atoms with Gasteiger partial charge in [-0.2, -0.15) is 0 Å². The molecule has 4 aromatic rings. The van der Waals surface area contributed by atoms with Crippen molar-refractivity contribution in [3.63, 3.8) is 0 Å². The van der Waals surface area contributed by atoms with Gasteiger partial charge < -0.3 is 24.8 Å². The van der Waals surface area contributed by atoms with Gasteiger partial charge in [-0.1, -0.05) is 0 Å². The first-order valence-corrected chi connectivity index (χ1v) is 18.1. The van der Waals surface area contributed by atoms with E-state index in [9.17, 15) is 0 Å². The molecule has 3 heteroatoms. The zero-order valence-corrected chi connectivity index (χ0v) is 24.6. The zero-order chi connectivity index (χ0) is 22.5. The Morgan fingerprint density at radius 1 is 0.543 bits per heavy atom. The maximum absolute atomic E-state index is 2.70. The number of benzene rings is 4. The average molecular weight is 577 g/mol. The van der Waals surface area contributed by atoms with Crippen LogP contribution in [0.4, 0.5) is 0 Å². The molecule has 1 saturated heterocycles. The maximum Gasteiger partial charge on any atom is -1.00 e. The van der Waals surface area contributed by atoms with Crippen molar-refractivity contribution >= 4 is 32.7 Å². The van der Waals surface area contributed by atoms with Gasteiger partial charge in [0.2, 0.25) is 0 Å². The van der Waals surface area contributed by atoms with Crippen molar-refractivity contribution < 1.29 is 45.1 Å². The third-order valence-electron chi connectivity index (χ3n) is 9.48. The topological polar surface area (TPSA) is 0 Å². The van der Waals surface area contributed by atoms with Crippen molar-refractivity contribution in [3.8, 4) is 0 Å². The molecule has 176 valence electrons. The van der Waals surface area contributed by atoms with Crippen molar-refractivity contribution in [1.29, 1.82) is 0 Å². The summed E-state index contributed by atoms with van der Waals surface area (Å²) in [6.07, 6.45) is 5.39. The van der Waals surface area contributed by atoms with Crippen LogP contribution in [0.5, 0.6) is 0 Å². The van der Waals surface area contributed by atoms with Crippen LogP contribution in [-0.4, -0.2) is 0 Å². The average Bonchev–Trinajstić information content (AvgIpc) is 3.07. The molecule has 4 unspecified atom stereocenters. The molecular formula is C32H30Cl2Zr. The molecular weight excluding hydrogens is 546 g/mol. The van der Waals surface area contributed by atoms with Crippen LogP contribution in [0.1, 0.15) is 57.2 Å². The number of hydrogen-bond donors (Lipinski definition) is 0. The van der Waals surface area contributed by atoms with Crippen molar-refractivity contribution in [2.24, 2.45) is 0 Å². The predicted octanol–water partition coefficient (Wildman–Crippen LogP) is 3.40. The molecule has 1 aliphatic heterocycles. The van der Waals surface area contributed by atoms with Gasteiger partial charge in [-0.25, -0.2) is 0 Å². The molecule has 0 radical (unpaired) electrons. The monoisotopic (exact) mass is 574 g/mol. The van der Waals surface area contributed by atoms with E-state index < -0.39 is 20.3 Å². The molecule has 0 amide bonds. The van der Waals surface area contributed by atoms with Crippen LogP contribution in [0.2, 0.25) is 7.25 Å². The summed E-state index contributed by atoms with van der Waals surface area (Å²) in [6.45, 7) is 9.88. The second-order valence-electron chi connectivity index (χ2n) is 10.8. The van der Waals surface area contributed by atoms with Gasteiger partial charge in [0.15, 0.2) is 0 Å². The van der Waals surface area contributed by atoms with Gasteiger partial charge in [0.05, 0.1) is 0 Å². The van der Waals surface area contributed by atoms with Gasteiger partial charge in [0.25, 0.3) is 0 Å². The number of halogens is 2. The van der Waals surface area contributed by atoms with Crippen molar-refractivity contribution in [2.45, 2.75) is 42.2 Å². The minimum atomic E-state index is -2.70. The number of hydrogen-bond acceptors (Lipinski definition) is 0. The summed E-state index contributed by atoms with van der Waals surface area (Å²) in [6, 6.07) is 27.8. The molecule has 3 aliphatic rings. The van der Waals surface area contributed by atoms with Crippen molar-refractivity contribution in [1.82, 2.24) is 0 Å². The second-order valence-corrected chi connectivity index (χ2v) is 23.3. The normalized spacial score (nSPS) is 26.2. The van der Waals surface area contributed by atoms with E-state index in [2.05, 4.69) is 113 Å². The number of rotatable bonds is 2. The largest absolute Gasteiger partial charge is 1.00 e. The fourth-order valence-electron chi connectivity index (χ4n) is 7.57. The third-order valence-corrected chi connectivity index (χ3v) is 26.4. The van der Waals surface area contributed by atoms with Crippen molar-refractivity contribution in [3.05, 3.63) is 107 Å². The Bertz CT molecular complexity index is 1430. The Hall–Kier alpha value is -1.66. The molecule has 4 aromatic carbocycles. The molecule has 0 aromatic heterocycles. The molecule has 35 heavy (non-hydrogen) atoms. The number of fused-ring (bicyclic) bond motifs is 4. The minimum Gasteiger partial charge on any atom is -1.00 e. The van der Waals surface area contributed by atoms with E-state index in [1.807, 2.05) is 0 Å². The van der Waals surface area contributed by atoms with Crippen LogP contribution >= 0.6 is 0 Å². The third kappa shape index (κ3) is 3.35. The van der Waals surface area contributed by atoms with E-state index in [-0.39, 0.29) is 24.8 Å². The van der Waals surface area contributed by atoms with Crippen LogP contribution in [0, 0.1) is 0 Å². The molecule has 1 fully saturated rings.